The fourth-order valence-corrected chi connectivity index (χ4v) is 4.02. The van der Waals surface area contributed by atoms with Crippen molar-refractivity contribution < 1.29 is 18.9 Å². The lowest BCUT2D eigenvalue weighted by Gasteiger charge is -2.25. The van der Waals surface area contributed by atoms with Crippen LogP contribution in [0.3, 0.4) is 0 Å². The number of hydrogen-bond donors (Lipinski definition) is 1. The number of hydrogen-bond acceptors (Lipinski definition) is 7. The second-order valence-corrected chi connectivity index (χ2v) is 7.54. The van der Waals surface area contributed by atoms with Gasteiger partial charge in [0.05, 0.1) is 30.2 Å². The second kappa shape index (κ2) is 9.15. The summed E-state index contributed by atoms with van der Waals surface area (Å²) in [5.41, 5.74) is 1.51. The fourth-order valence-electron chi connectivity index (χ4n) is 3.68. The molecule has 0 bridgehead atoms. The van der Waals surface area contributed by atoms with Gasteiger partial charge in [-0.15, -0.1) is 0 Å². The number of carbonyl (C=O) groups excluding carboxylic acids is 1. The number of methoxy groups -OCH3 is 1. The number of nitro groups is 1. The van der Waals surface area contributed by atoms with Gasteiger partial charge in [-0.3, -0.25) is 19.9 Å². The molecule has 0 radical (unpaired) electrons. The molecule has 10 heteroatoms. The summed E-state index contributed by atoms with van der Waals surface area (Å²) in [6.07, 6.45) is 1.87. The first-order chi connectivity index (χ1) is 15.5. The summed E-state index contributed by atoms with van der Waals surface area (Å²) >= 11 is 5.55. The maximum Gasteiger partial charge on any atom is 0.307 e. The molecule has 2 atom stereocenters. The Morgan fingerprint density at radius 3 is 2.69 bits per heavy atom. The minimum Gasteiger partial charge on any atom is -0.469 e. The summed E-state index contributed by atoms with van der Waals surface area (Å²) in [7, 11) is 1.35. The van der Waals surface area contributed by atoms with Crippen LogP contribution in [-0.2, 0) is 9.53 Å². The number of ether oxygens (including phenoxy) is 1. The van der Waals surface area contributed by atoms with Crippen LogP contribution in [0.25, 0.3) is 11.3 Å². The third kappa shape index (κ3) is 4.30. The molecule has 0 saturated carbocycles. The zero-order valence-electron chi connectivity index (χ0n) is 17.1. The third-order valence-corrected chi connectivity index (χ3v) is 5.62. The standard InChI is InChI=1S/C22H20N4O5S/c1-30-19(27)11-13-25-21(20(24-22(25)32)16-4-2-3-12-23-16)18-10-9-17(31-18)14-5-7-15(8-6-14)26(28)29/h2-10,12,20-21H,11,13H2,1H3,(H,24,32)/t20-,21+/m1/s1. The van der Waals surface area contributed by atoms with E-state index in [4.69, 9.17) is 21.4 Å². The van der Waals surface area contributed by atoms with Crippen molar-refractivity contribution in [3.8, 4) is 11.3 Å². The van der Waals surface area contributed by atoms with E-state index in [2.05, 4.69) is 10.3 Å². The number of benzene rings is 1. The Morgan fingerprint density at radius 2 is 2.03 bits per heavy atom. The Balaban J connectivity index is 1.67. The molecule has 32 heavy (non-hydrogen) atoms. The first-order valence-corrected chi connectivity index (χ1v) is 10.3. The summed E-state index contributed by atoms with van der Waals surface area (Å²) in [6.45, 7) is 0.347. The Hall–Kier alpha value is -3.79. The van der Waals surface area contributed by atoms with E-state index in [0.717, 1.165) is 5.69 Å². The van der Waals surface area contributed by atoms with E-state index in [9.17, 15) is 14.9 Å². The quantitative estimate of drug-likeness (QED) is 0.248. The number of nitrogens with zero attached hydrogens (tertiary/aromatic N) is 3. The molecule has 1 aliphatic heterocycles. The number of aromatic nitrogens is 1. The van der Waals surface area contributed by atoms with Crippen molar-refractivity contribution >= 4 is 29.0 Å². The molecule has 0 aliphatic carbocycles. The predicted octanol–water partition coefficient (Wildman–Crippen LogP) is 3.79. The number of nitrogens with one attached hydrogen (secondary N) is 1. The number of nitro benzene ring substituents is 1. The summed E-state index contributed by atoms with van der Waals surface area (Å²) in [6, 6.07) is 14.8. The van der Waals surface area contributed by atoms with Crippen molar-refractivity contribution in [3.63, 3.8) is 0 Å². The van der Waals surface area contributed by atoms with Crippen molar-refractivity contribution in [2.75, 3.05) is 13.7 Å². The van der Waals surface area contributed by atoms with E-state index in [0.29, 0.717) is 28.7 Å². The molecule has 3 heterocycles. The molecule has 1 aliphatic rings. The Morgan fingerprint density at radius 1 is 1.25 bits per heavy atom. The molecule has 4 rings (SSSR count). The van der Waals surface area contributed by atoms with E-state index in [1.807, 2.05) is 35.2 Å². The molecule has 1 saturated heterocycles. The molecular formula is C22H20N4O5S. The van der Waals surface area contributed by atoms with Gasteiger partial charge in [-0.2, -0.15) is 0 Å². The number of thiocarbonyl (C=S) groups is 1. The molecule has 1 aromatic carbocycles. The predicted molar refractivity (Wildman–Crippen MR) is 120 cm³/mol. The zero-order valence-corrected chi connectivity index (χ0v) is 18.0. The van der Waals surface area contributed by atoms with Crippen LogP contribution in [0, 0.1) is 10.1 Å². The van der Waals surface area contributed by atoms with Gasteiger partial charge in [-0.05, 0) is 48.6 Å². The van der Waals surface area contributed by atoms with E-state index < -0.39 is 4.92 Å². The normalized spacial score (nSPS) is 17.8. The van der Waals surface area contributed by atoms with Gasteiger partial charge in [-0.25, -0.2) is 0 Å². The van der Waals surface area contributed by atoms with Gasteiger partial charge in [0.15, 0.2) is 5.11 Å². The molecule has 0 amide bonds. The highest BCUT2D eigenvalue weighted by atomic mass is 32.1. The summed E-state index contributed by atoms with van der Waals surface area (Å²) < 4.78 is 10.9. The topological polar surface area (TPSA) is 111 Å². The summed E-state index contributed by atoms with van der Waals surface area (Å²) in [5, 5.41) is 14.7. The molecule has 1 N–H and O–H groups in total. The Labute approximate surface area is 189 Å². The lowest BCUT2D eigenvalue weighted by molar-refractivity contribution is -0.384. The van der Waals surface area contributed by atoms with Crippen LogP contribution < -0.4 is 5.32 Å². The summed E-state index contributed by atoms with van der Waals surface area (Å²) in [5.74, 6) is 0.866. The number of furan rings is 1. The van der Waals surface area contributed by atoms with Gasteiger partial charge >= 0.3 is 5.97 Å². The van der Waals surface area contributed by atoms with Crippen LogP contribution in [0.2, 0.25) is 0 Å². The number of non-ortho nitro benzene ring substituents is 1. The largest absolute Gasteiger partial charge is 0.469 e. The first-order valence-electron chi connectivity index (χ1n) is 9.87. The minimum absolute atomic E-state index is 0.00933. The van der Waals surface area contributed by atoms with Gasteiger partial charge in [0.25, 0.3) is 5.69 Å². The van der Waals surface area contributed by atoms with E-state index in [1.54, 1.807) is 18.3 Å². The number of carbonyl (C=O) groups is 1. The fraction of sp³-hybridized carbons (Fsp3) is 0.227. The first kappa shape index (κ1) is 21.4. The molecule has 2 aromatic heterocycles. The highest BCUT2D eigenvalue weighted by Gasteiger charge is 2.41. The smallest absolute Gasteiger partial charge is 0.307 e. The average molecular weight is 452 g/mol. The highest BCUT2D eigenvalue weighted by molar-refractivity contribution is 7.80. The molecular weight excluding hydrogens is 432 g/mol. The molecule has 164 valence electrons. The van der Waals surface area contributed by atoms with Crippen LogP contribution in [-0.4, -0.2) is 39.5 Å². The van der Waals surface area contributed by atoms with Crippen molar-refractivity contribution in [2.24, 2.45) is 0 Å². The number of esters is 1. The molecule has 9 nitrogen and oxygen atoms in total. The van der Waals surface area contributed by atoms with Gasteiger partial charge in [0, 0.05) is 30.4 Å². The van der Waals surface area contributed by atoms with Gasteiger partial charge in [-0.1, -0.05) is 6.07 Å². The van der Waals surface area contributed by atoms with Crippen LogP contribution in [0.5, 0.6) is 0 Å². The highest BCUT2D eigenvalue weighted by Crippen LogP contribution is 2.40. The molecule has 0 spiro atoms. The monoisotopic (exact) mass is 452 g/mol. The van der Waals surface area contributed by atoms with Gasteiger partial charge in [0.1, 0.15) is 17.6 Å². The van der Waals surface area contributed by atoms with Gasteiger partial charge < -0.3 is 19.4 Å². The van der Waals surface area contributed by atoms with Crippen LogP contribution in [0.1, 0.15) is 30.0 Å². The van der Waals surface area contributed by atoms with Crippen molar-refractivity contribution in [3.05, 3.63) is 82.4 Å². The lowest BCUT2D eigenvalue weighted by Crippen LogP contribution is -2.31. The SMILES string of the molecule is COC(=O)CCN1C(=S)N[C@H](c2ccccn2)[C@@H]1c1ccc(-c2ccc([N+](=O)[O-])cc2)o1. The third-order valence-electron chi connectivity index (χ3n) is 5.26. The van der Waals surface area contributed by atoms with Crippen molar-refractivity contribution in [1.29, 1.82) is 0 Å². The lowest BCUT2D eigenvalue weighted by atomic mass is 10.0. The van der Waals surface area contributed by atoms with Crippen molar-refractivity contribution in [1.82, 2.24) is 15.2 Å². The Kier molecular flexibility index (Phi) is 6.13. The summed E-state index contributed by atoms with van der Waals surface area (Å²) in [4.78, 5) is 28.6. The van der Waals surface area contributed by atoms with E-state index in [-0.39, 0.29) is 30.2 Å². The van der Waals surface area contributed by atoms with Crippen LogP contribution >= 0.6 is 12.2 Å². The molecule has 3 aromatic rings. The van der Waals surface area contributed by atoms with Crippen LogP contribution in [0.4, 0.5) is 5.69 Å². The minimum atomic E-state index is -0.445. The van der Waals surface area contributed by atoms with E-state index >= 15 is 0 Å². The second-order valence-electron chi connectivity index (χ2n) is 7.15. The average Bonchev–Trinajstić information content (AvgIpc) is 3.42. The molecule has 1 fully saturated rings. The van der Waals surface area contributed by atoms with E-state index in [1.165, 1.54) is 19.2 Å². The molecule has 0 unspecified atom stereocenters. The maximum atomic E-state index is 11.7. The maximum absolute atomic E-state index is 11.7. The van der Waals surface area contributed by atoms with Gasteiger partial charge in [0.2, 0.25) is 0 Å². The number of rotatable bonds is 7. The van der Waals surface area contributed by atoms with Crippen LogP contribution in [0.15, 0.2) is 65.2 Å². The Bertz CT molecular complexity index is 1130. The van der Waals surface area contributed by atoms with Crippen molar-refractivity contribution in [2.45, 2.75) is 18.5 Å². The zero-order chi connectivity index (χ0) is 22.7. The number of pyridine rings is 1.